The van der Waals surface area contributed by atoms with Crippen molar-refractivity contribution in [1.82, 2.24) is 15.1 Å². The van der Waals surface area contributed by atoms with E-state index in [0.29, 0.717) is 0 Å². The Labute approximate surface area is 121 Å². The molecule has 1 N–H and O–H groups in total. The molecule has 2 heterocycles. The van der Waals surface area contributed by atoms with Gasteiger partial charge in [-0.3, -0.25) is 4.68 Å². The topological polar surface area (TPSA) is 43.0 Å². The highest BCUT2D eigenvalue weighted by atomic mass is 16.3. The lowest BCUT2D eigenvalue weighted by Crippen LogP contribution is -2.23. The first-order chi connectivity index (χ1) is 9.43. The molecule has 0 aromatic carbocycles. The monoisotopic (exact) mass is 275 g/mol. The third kappa shape index (κ3) is 2.80. The van der Waals surface area contributed by atoms with Crippen LogP contribution in [0.25, 0.3) is 0 Å². The zero-order valence-electron chi connectivity index (χ0n) is 13.3. The number of hydrogen-bond donors (Lipinski definition) is 1. The molecule has 2 atom stereocenters. The molecule has 0 fully saturated rings. The molecule has 4 heteroatoms. The molecule has 0 radical (unpaired) electrons. The predicted molar refractivity (Wildman–Crippen MR) is 80.8 cm³/mol. The van der Waals surface area contributed by atoms with Gasteiger partial charge in [-0.2, -0.15) is 5.10 Å². The molecule has 0 aliphatic rings. The summed E-state index contributed by atoms with van der Waals surface area (Å²) in [4.78, 5) is 0. The summed E-state index contributed by atoms with van der Waals surface area (Å²) in [6.07, 6.45) is 0. The van der Waals surface area contributed by atoms with Crippen molar-refractivity contribution in [3.05, 3.63) is 40.6 Å². The average Bonchev–Trinajstić information content (AvgIpc) is 2.93. The molecule has 0 saturated carbocycles. The van der Waals surface area contributed by atoms with Gasteiger partial charge in [-0.1, -0.05) is 0 Å². The number of hydrogen-bond acceptors (Lipinski definition) is 3. The van der Waals surface area contributed by atoms with Crippen LogP contribution in [0.4, 0.5) is 0 Å². The van der Waals surface area contributed by atoms with Crippen LogP contribution in [0.3, 0.4) is 0 Å². The van der Waals surface area contributed by atoms with Gasteiger partial charge >= 0.3 is 0 Å². The van der Waals surface area contributed by atoms with E-state index >= 15 is 0 Å². The molecule has 0 aliphatic carbocycles. The molecule has 4 nitrogen and oxygen atoms in total. The maximum absolute atomic E-state index is 5.69. The smallest absolute Gasteiger partial charge is 0.120 e. The van der Waals surface area contributed by atoms with E-state index in [9.17, 15) is 0 Å². The summed E-state index contributed by atoms with van der Waals surface area (Å²) in [5, 5.41) is 8.18. The van der Waals surface area contributed by atoms with Gasteiger partial charge in [-0.15, -0.1) is 0 Å². The lowest BCUT2D eigenvalue weighted by molar-refractivity contribution is 0.391. The zero-order chi connectivity index (χ0) is 14.9. The number of aromatic nitrogens is 2. The molecule has 2 aromatic rings. The van der Waals surface area contributed by atoms with Crippen molar-refractivity contribution in [3.8, 4) is 0 Å². The molecule has 0 spiro atoms. The van der Waals surface area contributed by atoms with Gasteiger partial charge in [0.2, 0.25) is 0 Å². The first-order valence-electron chi connectivity index (χ1n) is 7.30. The quantitative estimate of drug-likeness (QED) is 0.901. The van der Waals surface area contributed by atoms with E-state index in [1.54, 1.807) is 0 Å². The Kier molecular flexibility index (Phi) is 4.33. The van der Waals surface area contributed by atoms with Gasteiger partial charge < -0.3 is 9.73 Å². The van der Waals surface area contributed by atoms with E-state index in [1.807, 2.05) is 19.1 Å². The molecule has 0 saturated heterocycles. The van der Waals surface area contributed by atoms with Gasteiger partial charge in [0.25, 0.3) is 0 Å². The highest BCUT2D eigenvalue weighted by molar-refractivity contribution is 5.28. The minimum absolute atomic E-state index is 0.183. The Morgan fingerprint density at radius 2 is 1.90 bits per heavy atom. The van der Waals surface area contributed by atoms with Crippen molar-refractivity contribution in [3.63, 3.8) is 0 Å². The Bertz CT molecular complexity index is 583. The van der Waals surface area contributed by atoms with E-state index in [4.69, 9.17) is 4.42 Å². The maximum atomic E-state index is 5.69. The minimum atomic E-state index is 0.183. The molecular weight excluding hydrogens is 250 g/mol. The van der Waals surface area contributed by atoms with Crippen LogP contribution in [0.2, 0.25) is 0 Å². The van der Waals surface area contributed by atoms with Crippen LogP contribution >= 0.6 is 0 Å². The first-order valence-corrected chi connectivity index (χ1v) is 7.30. The SMILES string of the molecule is CCn1nc(C)c(C(C)NC(C)c2ccc(C)o2)c1C. The summed E-state index contributed by atoms with van der Waals surface area (Å²) in [7, 11) is 0. The number of furan rings is 1. The van der Waals surface area contributed by atoms with E-state index in [0.717, 1.165) is 23.8 Å². The number of nitrogens with one attached hydrogen (secondary N) is 1. The van der Waals surface area contributed by atoms with Gasteiger partial charge in [-0.05, 0) is 53.7 Å². The Morgan fingerprint density at radius 3 is 2.40 bits per heavy atom. The van der Waals surface area contributed by atoms with Crippen LogP contribution in [0.5, 0.6) is 0 Å². The second-order valence-electron chi connectivity index (χ2n) is 5.46. The third-order valence-corrected chi connectivity index (χ3v) is 3.86. The highest BCUT2D eigenvalue weighted by Crippen LogP contribution is 2.25. The molecule has 0 bridgehead atoms. The van der Waals surface area contributed by atoms with Crippen LogP contribution in [-0.4, -0.2) is 9.78 Å². The molecule has 0 aliphatic heterocycles. The fourth-order valence-electron chi connectivity index (χ4n) is 2.87. The molecular formula is C16H25N3O. The first kappa shape index (κ1) is 14.9. The second-order valence-corrected chi connectivity index (χ2v) is 5.46. The highest BCUT2D eigenvalue weighted by Gasteiger charge is 2.20. The van der Waals surface area contributed by atoms with Crippen molar-refractivity contribution in [1.29, 1.82) is 0 Å². The standard InChI is InChI=1S/C16H25N3O/c1-7-19-14(6)16(13(5)18-19)12(4)17-11(3)15-9-8-10(2)20-15/h8-9,11-12,17H,7H2,1-6H3. The van der Waals surface area contributed by atoms with Crippen LogP contribution in [-0.2, 0) is 6.54 Å². The molecule has 0 amide bonds. The summed E-state index contributed by atoms with van der Waals surface area (Å²) in [6, 6.07) is 4.47. The van der Waals surface area contributed by atoms with Crippen molar-refractivity contribution >= 4 is 0 Å². The molecule has 2 unspecified atom stereocenters. The summed E-state index contributed by atoms with van der Waals surface area (Å²) < 4.78 is 7.75. The largest absolute Gasteiger partial charge is 0.465 e. The maximum Gasteiger partial charge on any atom is 0.120 e. The fourth-order valence-corrected chi connectivity index (χ4v) is 2.87. The van der Waals surface area contributed by atoms with Crippen LogP contribution < -0.4 is 5.32 Å². The van der Waals surface area contributed by atoms with Crippen molar-refractivity contribution in [2.24, 2.45) is 0 Å². The van der Waals surface area contributed by atoms with Gasteiger partial charge in [-0.25, -0.2) is 0 Å². The Morgan fingerprint density at radius 1 is 1.20 bits per heavy atom. The van der Waals surface area contributed by atoms with E-state index in [1.165, 1.54) is 11.3 Å². The summed E-state index contributed by atoms with van der Waals surface area (Å²) >= 11 is 0. The second kappa shape index (κ2) is 5.83. The Hall–Kier alpha value is -1.55. The zero-order valence-corrected chi connectivity index (χ0v) is 13.3. The lowest BCUT2D eigenvalue weighted by atomic mass is 10.1. The number of rotatable bonds is 5. The van der Waals surface area contributed by atoms with E-state index in [2.05, 4.69) is 49.7 Å². The van der Waals surface area contributed by atoms with Crippen LogP contribution in [0.15, 0.2) is 16.5 Å². The van der Waals surface area contributed by atoms with Gasteiger partial charge in [0.1, 0.15) is 11.5 Å². The van der Waals surface area contributed by atoms with Crippen LogP contribution in [0.1, 0.15) is 61.3 Å². The van der Waals surface area contributed by atoms with Gasteiger partial charge in [0.15, 0.2) is 0 Å². The molecule has 2 rings (SSSR count). The number of aryl methyl sites for hydroxylation is 3. The van der Waals surface area contributed by atoms with Crippen molar-refractivity contribution in [2.45, 2.75) is 60.2 Å². The van der Waals surface area contributed by atoms with Gasteiger partial charge in [0, 0.05) is 23.8 Å². The number of nitrogens with zero attached hydrogens (tertiary/aromatic N) is 2. The third-order valence-electron chi connectivity index (χ3n) is 3.86. The summed E-state index contributed by atoms with van der Waals surface area (Å²) in [5.74, 6) is 1.93. The Balaban J connectivity index is 2.16. The fraction of sp³-hybridized carbons (Fsp3) is 0.562. The van der Waals surface area contributed by atoms with E-state index in [-0.39, 0.29) is 12.1 Å². The average molecular weight is 275 g/mol. The molecule has 110 valence electrons. The summed E-state index contributed by atoms with van der Waals surface area (Å²) in [6.45, 7) is 13.5. The van der Waals surface area contributed by atoms with Crippen LogP contribution in [0, 0.1) is 20.8 Å². The molecule has 2 aromatic heterocycles. The summed E-state index contributed by atoms with van der Waals surface area (Å²) in [5.41, 5.74) is 3.64. The van der Waals surface area contributed by atoms with Gasteiger partial charge in [0.05, 0.1) is 11.7 Å². The lowest BCUT2D eigenvalue weighted by Gasteiger charge is -2.19. The van der Waals surface area contributed by atoms with E-state index < -0.39 is 0 Å². The van der Waals surface area contributed by atoms with Crippen molar-refractivity contribution < 1.29 is 4.42 Å². The predicted octanol–water partition coefficient (Wildman–Crippen LogP) is 3.83. The molecule has 20 heavy (non-hydrogen) atoms. The minimum Gasteiger partial charge on any atom is -0.465 e. The normalized spacial score (nSPS) is 14.5. The van der Waals surface area contributed by atoms with Crippen molar-refractivity contribution in [2.75, 3.05) is 0 Å².